The predicted octanol–water partition coefficient (Wildman–Crippen LogP) is 6.88. The molecule has 0 bridgehead atoms. The Labute approximate surface area is 145 Å². The third-order valence-electron chi connectivity index (χ3n) is 4.55. The molecule has 0 aromatic heterocycles. The van der Waals surface area contributed by atoms with Gasteiger partial charge in [-0.3, -0.25) is 0 Å². The molecule has 0 atom stereocenters. The molecule has 0 amide bonds. The van der Waals surface area contributed by atoms with E-state index in [4.69, 9.17) is 0 Å². The van der Waals surface area contributed by atoms with Crippen LogP contribution < -0.4 is 0 Å². The predicted molar refractivity (Wildman–Crippen MR) is 99.8 cm³/mol. The number of unbranched alkanes of at least 4 members (excludes halogenated alkanes) is 7. The highest BCUT2D eigenvalue weighted by atomic mass is 19.1. The number of aryl methyl sites for hydroxylation is 1. The molecule has 24 heavy (non-hydrogen) atoms. The van der Waals surface area contributed by atoms with Gasteiger partial charge in [-0.2, -0.15) is 0 Å². The highest BCUT2D eigenvalue weighted by molar-refractivity contribution is 5.64. The van der Waals surface area contributed by atoms with E-state index in [2.05, 4.69) is 19.1 Å². The highest BCUT2D eigenvalue weighted by Gasteiger charge is 2.04. The number of halogens is 1. The molecule has 0 heterocycles. The van der Waals surface area contributed by atoms with Gasteiger partial charge in [-0.15, -0.1) is 0 Å². The molecule has 0 aliphatic carbocycles. The van der Waals surface area contributed by atoms with E-state index in [-0.39, 0.29) is 5.75 Å². The second kappa shape index (κ2) is 10.1. The molecule has 2 aromatic carbocycles. The molecule has 0 saturated heterocycles. The van der Waals surface area contributed by atoms with E-state index in [1.807, 2.05) is 12.1 Å². The van der Waals surface area contributed by atoms with Crippen LogP contribution in [0.5, 0.6) is 5.75 Å². The van der Waals surface area contributed by atoms with Crippen LogP contribution in [0.2, 0.25) is 0 Å². The van der Waals surface area contributed by atoms with Crippen molar-refractivity contribution in [3.05, 3.63) is 53.8 Å². The van der Waals surface area contributed by atoms with Crippen molar-refractivity contribution in [2.45, 2.75) is 64.7 Å². The lowest BCUT2D eigenvalue weighted by Crippen LogP contribution is -1.87. The summed E-state index contributed by atoms with van der Waals surface area (Å²) in [4.78, 5) is 0. The number of hydrogen-bond donors (Lipinski definition) is 1. The Balaban J connectivity index is 1.73. The van der Waals surface area contributed by atoms with Gasteiger partial charge in [0.1, 0.15) is 0 Å². The van der Waals surface area contributed by atoms with Crippen molar-refractivity contribution in [2.75, 3.05) is 0 Å². The fraction of sp³-hybridized carbons (Fsp3) is 0.455. The summed E-state index contributed by atoms with van der Waals surface area (Å²) in [6.07, 6.45) is 11.8. The van der Waals surface area contributed by atoms with Crippen molar-refractivity contribution in [1.29, 1.82) is 0 Å². The van der Waals surface area contributed by atoms with Crippen molar-refractivity contribution in [3.63, 3.8) is 0 Å². The summed E-state index contributed by atoms with van der Waals surface area (Å²) in [6.45, 7) is 2.25. The molecule has 0 unspecified atom stereocenters. The van der Waals surface area contributed by atoms with Gasteiger partial charge in [0.15, 0.2) is 11.6 Å². The second-order valence-corrected chi connectivity index (χ2v) is 6.59. The maximum absolute atomic E-state index is 13.4. The minimum Gasteiger partial charge on any atom is -0.505 e. The summed E-state index contributed by atoms with van der Waals surface area (Å²) in [5.74, 6) is -0.874. The molecule has 1 nitrogen and oxygen atoms in total. The number of hydrogen-bond acceptors (Lipinski definition) is 1. The van der Waals surface area contributed by atoms with Gasteiger partial charge in [-0.1, -0.05) is 82.2 Å². The maximum atomic E-state index is 13.4. The zero-order valence-electron chi connectivity index (χ0n) is 14.7. The molecule has 0 fully saturated rings. The van der Waals surface area contributed by atoms with Gasteiger partial charge in [-0.05, 0) is 41.7 Å². The number of phenols is 1. The average Bonchev–Trinajstić information content (AvgIpc) is 2.60. The number of aromatic hydroxyl groups is 1. The molecule has 0 aliphatic heterocycles. The number of rotatable bonds is 10. The Morgan fingerprint density at radius 3 is 1.96 bits per heavy atom. The Hall–Kier alpha value is -1.83. The van der Waals surface area contributed by atoms with Crippen molar-refractivity contribution < 1.29 is 9.50 Å². The minimum atomic E-state index is -0.574. The lowest BCUT2D eigenvalue weighted by molar-refractivity contribution is 0.432. The smallest absolute Gasteiger partial charge is 0.165 e. The van der Waals surface area contributed by atoms with Gasteiger partial charge < -0.3 is 5.11 Å². The van der Waals surface area contributed by atoms with E-state index in [1.165, 1.54) is 69.1 Å². The SMILES string of the molecule is CCCCCCCCCCc1ccc(-c2ccc(O)c(F)c2)cc1. The molecule has 2 aromatic rings. The number of benzene rings is 2. The summed E-state index contributed by atoms with van der Waals surface area (Å²) in [5.41, 5.74) is 3.11. The summed E-state index contributed by atoms with van der Waals surface area (Å²) in [6, 6.07) is 12.8. The third kappa shape index (κ3) is 5.99. The fourth-order valence-corrected chi connectivity index (χ4v) is 3.01. The molecule has 2 heteroatoms. The standard InChI is InChI=1S/C22H29FO/c1-2-3-4-5-6-7-8-9-10-18-11-13-19(14-12-18)20-15-16-22(24)21(23)17-20/h11-17,24H,2-10H2,1H3. The van der Waals surface area contributed by atoms with Crippen LogP contribution in [-0.2, 0) is 6.42 Å². The van der Waals surface area contributed by atoms with Gasteiger partial charge in [-0.25, -0.2) is 4.39 Å². The summed E-state index contributed by atoms with van der Waals surface area (Å²) >= 11 is 0. The first kappa shape index (κ1) is 18.5. The molecule has 2 rings (SSSR count). The number of phenolic OH excluding ortho intramolecular Hbond substituents is 1. The molecule has 0 radical (unpaired) electrons. The summed E-state index contributed by atoms with van der Waals surface area (Å²) in [7, 11) is 0. The van der Waals surface area contributed by atoms with E-state index < -0.39 is 5.82 Å². The molecular formula is C22H29FO. The molecule has 0 spiro atoms. The van der Waals surface area contributed by atoms with Crippen molar-refractivity contribution >= 4 is 0 Å². The van der Waals surface area contributed by atoms with Gasteiger partial charge in [0, 0.05) is 0 Å². The van der Waals surface area contributed by atoms with Gasteiger partial charge in [0.05, 0.1) is 0 Å². The van der Waals surface area contributed by atoms with Crippen molar-refractivity contribution in [2.24, 2.45) is 0 Å². The third-order valence-corrected chi connectivity index (χ3v) is 4.55. The van der Waals surface area contributed by atoms with Crippen LogP contribution in [0.3, 0.4) is 0 Å². The normalized spacial score (nSPS) is 10.9. The highest BCUT2D eigenvalue weighted by Crippen LogP contribution is 2.25. The first-order valence-corrected chi connectivity index (χ1v) is 9.28. The first-order chi connectivity index (χ1) is 11.7. The average molecular weight is 328 g/mol. The van der Waals surface area contributed by atoms with Crippen LogP contribution in [0.4, 0.5) is 4.39 Å². The zero-order valence-corrected chi connectivity index (χ0v) is 14.7. The fourth-order valence-electron chi connectivity index (χ4n) is 3.01. The van der Waals surface area contributed by atoms with Crippen LogP contribution in [-0.4, -0.2) is 5.11 Å². The molecule has 0 aliphatic rings. The Bertz CT molecular complexity index is 604. The zero-order chi connectivity index (χ0) is 17.2. The van der Waals surface area contributed by atoms with Crippen LogP contribution in [0.25, 0.3) is 11.1 Å². The van der Waals surface area contributed by atoms with Crippen LogP contribution >= 0.6 is 0 Å². The first-order valence-electron chi connectivity index (χ1n) is 9.28. The summed E-state index contributed by atoms with van der Waals surface area (Å²) < 4.78 is 13.4. The molecule has 1 N–H and O–H groups in total. The van der Waals surface area contributed by atoms with Crippen LogP contribution in [0, 0.1) is 5.82 Å². The Kier molecular flexibility index (Phi) is 7.81. The van der Waals surface area contributed by atoms with Gasteiger partial charge in [0.25, 0.3) is 0 Å². The lowest BCUT2D eigenvalue weighted by Gasteiger charge is -2.06. The maximum Gasteiger partial charge on any atom is 0.165 e. The van der Waals surface area contributed by atoms with E-state index in [9.17, 15) is 9.50 Å². The summed E-state index contributed by atoms with van der Waals surface area (Å²) in [5, 5.41) is 9.26. The van der Waals surface area contributed by atoms with Crippen molar-refractivity contribution in [3.8, 4) is 16.9 Å². The topological polar surface area (TPSA) is 20.2 Å². The van der Waals surface area contributed by atoms with Gasteiger partial charge >= 0.3 is 0 Å². The van der Waals surface area contributed by atoms with E-state index >= 15 is 0 Å². The van der Waals surface area contributed by atoms with Crippen molar-refractivity contribution in [1.82, 2.24) is 0 Å². The Morgan fingerprint density at radius 1 is 0.750 bits per heavy atom. The molecule has 130 valence electrons. The van der Waals surface area contributed by atoms with Crippen LogP contribution in [0.15, 0.2) is 42.5 Å². The van der Waals surface area contributed by atoms with E-state index in [0.717, 1.165) is 17.5 Å². The van der Waals surface area contributed by atoms with Gasteiger partial charge in [0.2, 0.25) is 0 Å². The quantitative estimate of drug-likeness (QED) is 0.471. The van der Waals surface area contributed by atoms with E-state index in [1.54, 1.807) is 6.07 Å². The van der Waals surface area contributed by atoms with E-state index in [0.29, 0.717) is 0 Å². The largest absolute Gasteiger partial charge is 0.505 e. The molecular weight excluding hydrogens is 299 g/mol. The lowest BCUT2D eigenvalue weighted by atomic mass is 10.0. The second-order valence-electron chi connectivity index (χ2n) is 6.59. The molecule has 0 saturated carbocycles. The Morgan fingerprint density at radius 2 is 1.33 bits per heavy atom. The minimum absolute atomic E-state index is 0.301. The van der Waals surface area contributed by atoms with Crippen LogP contribution in [0.1, 0.15) is 63.9 Å². The monoisotopic (exact) mass is 328 g/mol.